The molecule has 0 bridgehead atoms. The average Bonchev–Trinajstić information content (AvgIpc) is 2.85. The van der Waals surface area contributed by atoms with Gasteiger partial charge in [-0.3, -0.25) is 9.52 Å². The second-order valence-electron chi connectivity index (χ2n) is 8.07. The lowest BCUT2D eigenvalue weighted by Crippen LogP contribution is -2.48. The van der Waals surface area contributed by atoms with Crippen molar-refractivity contribution in [2.24, 2.45) is 0 Å². The van der Waals surface area contributed by atoms with Crippen molar-refractivity contribution in [2.75, 3.05) is 42.9 Å². The fourth-order valence-corrected chi connectivity index (χ4v) is 5.48. The number of piperazine rings is 1. The van der Waals surface area contributed by atoms with Crippen LogP contribution < -0.4 is 14.4 Å². The van der Waals surface area contributed by atoms with E-state index in [0.29, 0.717) is 31.9 Å². The molecule has 1 aliphatic heterocycles. The van der Waals surface area contributed by atoms with Gasteiger partial charge in [-0.25, -0.2) is 8.42 Å². The molecule has 34 heavy (non-hydrogen) atoms. The normalized spacial score (nSPS) is 14.1. The number of hydrogen-bond donors (Lipinski definition) is 1. The summed E-state index contributed by atoms with van der Waals surface area (Å²) in [7, 11) is -2.33. The van der Waals surface area contributed by atoms with E-state index in [1.807, 2.05) is 43.3 Å². The molecule has 1 saturated heterocycles. The molecule has 0 radical (unpaired) electrons. The van der Waals surface area contributed by atoms with Crippen LogP contribution in [-0.2, 0) is 10.0 Å². The molecule has 1 fully saturated rings. The molecule has 0 aliphatic carbocycles. The summed E-state index contributed by atoms with van der Waals surface area (Å²) in [6.45, 7) is 4.20. The number of halogens is 1. The lowest BCUT2D eigenvalue weighted by Gasteiger charge is -2.36. The van der Waals surface area contributed by atoms with Crippen LogP contribution in [0.5, 0.6) is 5.75 Å². The summed E-state index contributed by atoms with van der Waals surface area (Å²) >= 11 is 6.22. The summed E-state index contributed by atoms with van der Waals surface area (Å²) in [6, 6.07) is 19.1. The fourth-order valence-electron chi connectivity index (χ4n) is 3.90. The summed E-state index contributed by atoms with van der Waals surface area (Å²) in [5, 5.41) is 0.0529. The second kappa shape index (κ2) is 9.95. The maximum atomic E-state index is 13.2. The van der Waals surface area contributed by atoms with Gasteiger partial charge in [-0.2, -0.15) is 0 Å². The first-order valence-corrected chi connectivity index (χ1v) is 12.7. The van der Waals surface area contributed by atoms with E-state index >= 15 is 0 Å². The third-order valence-corrected chi connectivity index (χ3v) is 7.63. The van der Waals surface area contributed by atoms with E-state index in [4.69, 9.17) is 16.3 Å². The number of anilines is 2. The van der Waals surface area contributed by atoms with Crippen LogP contribution in [0.3, 0.4) is 0 Å². The van der Waals surface area contributed by atoms with Crippen molar-refractivity contribution in [3.05, 3.63) is 82.9 Å². The van der Waals surface area contributed by atoms with Crippen LogP contribution in [0.15, 0.2) is 71.6 Å². The summed E-state index contributed by atoms with van der Waals surface area (Å²) < 4.78 is 33.9. The number of nitrogens with zero attached hydrogens (tertiary/aromatic N) is 2. The number of carbonyl (C=O) groups is 1. The third-order valence-electron chi connectivity index (χ3n) is 5.76. The van der Waals surface area contributed by atoms with Gasteiger partial charge in [0.25, 0.3) is 15.9 Å². The molecule has 178 valence electrons. The standard InChI is InChI=1S/C25H26ClN3O4S/c1-18-7-10-20(11-8-18)27-34(31,32)24-17-19(9-12-21(24)26)25(30)29-15-13-28(14-16-29)22-5-3-4-6-23(22)33-2/h3-12,17,27H,13-16H2,1-2H3. The Morgan fingerprint density at radius 2 is 1.65 bits per heavy atom. The number of para-hydroxylation sites is 2. The van der Waals surface area contributed by atoms with Gasteiger partial charge in [0.15, 0.2) is 0 Å². The average molecular weight is 500 g/mol. The van der Waals surface area contributed by atoms with Crippen LogP contribution in [0.1, 0.15) is 15.9 Å². The highest BCUT2D eigenvalue weighted by Gasteiger charge is 2.26. The molecule has 9 heteroatoms. The van der Waals surface area contributed by atoms with Gasteiger partial charge in [0.2, 0.25) is 0 Å². The predicted molar refractivity (Wildman–Crippen MR) is 135 cm³/mol. The van der Waals surface area contributed by atoms with Gasteiger partial charge in [0.1, 0.15) is 10.6 Å². The number of benzene rings is 3. The molecule has 0 saturated carbocycles. The Morgan fingerprint density at radius 3 is 2.32 bits per heavy atom. The van der Waals surface area contributed by atoms with E-state index in [1.54, 1.807) is 30.2 Å². The topological polar surface area (TPSA) is 79.0 Å². The number of amides is 1. The fraction of sp³-hybridized carbons (Fsp3) is 0.240. The molecule has 0 unspecified atom stereocenters. The Labute approximate surface area is 205 Å². The molecular formula is C25H26ClN3O4S. The van der Waals surface area contributed by atoms with Crippen LogP contribution in [0.25, 0.3) is 0 Å². The second-order valence-corrected chi connectivity index (χ2v) is 10.1. The molecule has 3 aromatic carbocycles. The van der Waals surface area contributed by atoms with Crippen molar-refractivity contribution in [3.63, 3.8) is 0 Å². The van der Waals surface area contributed by atoms with Crippen LogP contribution in [0.2, 0.25) is 5.02 Å². The Bertz CT molecular complexity index is 1290. The first-order chi connectivity index (χ1) is 16.3. The molecule has 0 aromatic heterocycles. The molecule has 1 heterocycles. The number of rotatable bonds is 6. The van der Waals surface area contributed by atoms with Gasteiger partial charge in [-0.15, -0.1) is 0 Å². The molecule has 0 atom stereocenters. The lowest BCUT2D eigenvalue weighted by atomic mass is 10.1. The van der Waals surface area contributed by atoms with E-state index in [0.717, 1.165) is 17.0 Å². The summed E-state index contributed by atoms with van der Waals surface area (Å²) in [5.41, 5.74) is 2.70. The van der Waals surface area contributed by atoms with Gasteiger partial charge in [0.05, 0.1) is 17.8 Å². The van der Waals surface area contributed by atoms with Crippen LogP contribution in [0.4, 0.5) is 11.4 Å². The maximum absolute atomic E-state index is 13.2. The molecule has 1 amide bonds. The Kier molecular flexibility index (Phi) is 7.00. The summed E-state index contributed by atoms with van der Waals surface area (Å²) in [4.78, 5) is 16.9. The number of carbonyl (C=O) groups excluding carboxylic acids is 1. The van der Waals surface area contributed by atoms with Crippen LogP contribution in [-0.4, -0.2) is 52.5 Å². The van der Waals surface area contributed by atoms with Crippen molar-refractivity contribution < 1.29 is 17.9 Å². The van der Waals surface area contributed by atoms with Crippen molar-refractivity contribution in [1.82, 2.24) is 4.90 Å². The Balaban J connectivity index is 1.49. The van der Waals surface area contributed by atoms with E-state index in [2.05, 4.69) is 9.62 Å². The number of hydrogen-bond acceptors (Lipinski definition) is 5. The highest BCUT2D eigenvalue weighted by Crippen LogP contribution is 2.29. The van der Waals surface area contributed by atoms with Gasteiger partial charge >= 0.3 is 0 Å². The molecule has 7 nitrogen and oxygen atoms in total. The minimum absolute atomic E-state index is 0.0529. The zero-order valence-electron chi connectivity index (χ0n) is 19.0. The number of nitrogens with one attached hydrogen (secondary N) is 1. The van der Waals surface area contributed by atoms with Crippen molar-refractivity contribution >= 4 is 38.9 Å². The molecule has 0 spiro atoms. The van der Waals surface area contributed by atoms with Crippen LogP contribution >= 0.6 is 11.6 Å². The highest BCUT2D eigenvalue weighted by atomic mass is 35.5. The maximum Gasteiger partial charge on any atom is 0.263 e. The number of aryl methyl sites for hydroxylation is 1. The summed E-state index contributed by atoms with van der Waals surface area (Å²) in [6.07, 6.45) is 0. The largest absolute Gasteiger partial charge is 0.495 e. The van der Waals surface area contributed by atoms with E-state index in [-0.39, 0.29) is 21.4 Å². The first-order valence-electron chi connectivity index (χ1n) is 10.8. The zero-order chi connectivity index (χ0) is 24.3. The zero-order valence-corrected chi connectivity index (χ0v) is 20.6. The minimum Gasteiger partial charge on any atom is -0.495 e. The van der Waals surface area contributed by atoms with Crippen molar-refractivity contribution in [2.45, 2.75) is 11.8 Å². The number of methoxy groups -OCH3 is 1. The monoisotopic (exact) mass is 499 g/mol. The van der Waals surface area contributed by atoms with E-state index in [9.17, 15) is 13.2 Å². The smallest absolute Gasteiger partial charge is 0.263 e. The predicted octanol–water partition coefficient (Wildman–Crippen LogP) is 4.42. The van der Waals surface area contributed by atoms with Gasteiger partial charge in [0, 0.05) is 37.4 Å². The van der Waals surface area contributed by atoms with Gasteiger partial charge < -0.3 is 14.5 Å². The minimum atomic E-state index is -3.97. The highest BCUT2D eigenvalue weighted by molar-refractivity contribution is 7.92. The first kappa shape index (κ1) is 23.9. The molecule has 1 aliphatic rings. The number of ether oxygens (including phenoxy) is 1. The van der Waals surface area contributed by atoms with Crippen molar-refractivity contribution in [3.8, 4) is 5.75 Å². The van der Waals surface area contributed by atoms with E-state index in [1.165, 1.54) is 12.1 Å². The van der Waals surface area contributed by atoms with E-state index < -0.39 is 10.0 Å². The Hall–Kier alpha value is -3.23. The quantitative estimate of drug-likeness (QED) is 0.543. The number of sulfonamides is 1. The van der Waals surface area contributed by atoms with Crippen molar-refractivity contribution in [1.29, 1.82) is 0 Å². The van der Waals surface area contributed by atoms with Gasteiger partial charge in [-0.1, -0.05) is 41.4 Å². The molecule has 4 rings (SSSR count). The summed E-state index contributed by atoms with van der Waals surface area (Å²) in [5.74, 6) is 0.555. The van der Waals surface area contributed by atoms with Gasteiger partial charge in [-0.05, 0) is 49.4 Å². The molecular weight excluding hydrogens is 474 g/mol. The molecule has 3 aromatic rings. The molecule has 1 N–H and O–H groups in total. The SMILES string of the molecule is COc1ccccc1N1CCN(C(=O)c2ccc(Cl)c(S(=O)(=O)Nc3ccc(C)cc3)c2)CC1. The van der Waals surface area contributed by atoms with Crippen LogP contribution in [0, 0.1) is 6.92 Å². The Morgan fingerprint density at radius 1 is 0.971 bits per heavy atom. The third kappa shape index (κ3) is 5.13. The lowest BCUT2D eigenvalue weighted by molar-refractivity contribution is 0.0746.